The van der Waals surface area contributed by atoms with Gasteiger partial charge in [0.1, 0.15) is 18.3 Å². The molecule has 3 aromatic heterocycles. The zero-order valence-electron chi connectivity index (χ0n) is 16.1. The van der Waals surface area contributed by atoms with Gasteiger partial charge in [-0.25, -0.2) is 9.97 Å². The quantitative estimate of drug-likeness (QED) is 0.722. The number of imidazole rings is 1. The van der Waals surface area contributed by atoms with Crippen molar-refractivity contribution >= 4 is 5.82 Å². The fourth-order valence-electron chi connectivity index (χ4n) is 4.51. The number of hydrogen-bond acceptors (Lipinski definition) is 7. The standard InChI is InChI=1S/C19H25N9/c1-2-15-18-25-23-12-27(18)16-9-21-19(26-10-13(7-8-20)22-11-26)24-17(16)28(15)14-5-3-4-6-14/h9-12,14-15H,2-8,20H2,1H3. The van der Waals surface area contributed by atoms with Crippen LogP contribution >= 0.6 is 0 Å². The number of aromatic nitrogens is 7. The highest BCUT2D eigenvalue weighted by Gasteiger charge is 2.38. The molecule has 1 aliphatic carbocycles. The van der Waals surface area contributed by atoms with Crippen molar-refractivity contribution in [2.75, 3.05) is 11.4 Å². The summed E-state index contributed by atoms with van der Waals surface area (Å²) in [5.41, 5.74) is 7.55. The summed E-state index contributed by atoms with van der Waals surface area (Å²) in [7, 11) is 0. The van der Waals surface area contributed by atoms with Gasteiger partial charge >= 0.3 is 0 Å². The highest BCUT2D eigenvalue weighted by atomic mass is 15.4. The average molecular weight is 379 g/mol. The minimum Gasteiger partial charge on any atom is -0.341 e. The molecule has 0 bridgehead atoms. The van der Waals surface area contributed by atoms with E-state index < -0.39 is 0 Å². The van der Waals surface area contributed by atoms with E-state index in [9.17, 15) is 0 Å². The topological polar surface area (TPSA) is 104 Å². The maximum Gasteiger partial charge on any atom is 0.236 e. The van der Waals surface area contributed by atoms with Crippen LogP contribution in [0.4, 0.5) is 5.82 Å². The molecule has 1 aliphatic heterocycles. The Labute approximate surface area is 163 Å². The second-order valence-electron chi connectivity index (χ2n) is 7.52. The normalized spacial score (nSPS) is 19.1. The molecule has 28 heavy (non-hydrogen) atoms. The summed E-state index contributed by atoms with van der Waals surface area (Å²) in [4.78, 5) is 16.5. The monoisotopic (exact) mass is 379 g/mol. The molecule has 1 unspecified atom stereocenters. The van der Waals surface area contributed by atoms with Crippen molar-refractivity contribution in [3.05, 3.63) is 36.6 Å². The zero-order chi connectivity index (χ0) is 19.1. The van der Waals surface area contributed by atoms with Crippen LogP contribution in [-0.2, 0) is 6.42 Å². The van der Waals surface area contributed by atoms with E-state index in [4.69, 9.17) is 10.7 Å². The Morgan fingerprint density at radius 1 is 1.18 bits per heavy atom. The molecule has 5 rings (SSSR count). The third kappa shape index (κ3) is 2.69. The molecule has 146 valence electrons. The SMILES string of the molecule is CCC1c2nncn2-c2cnc(-n3cnc(CCN)c3)nc2N1C1CCCC1. The van der Waals surface area contributed by atoms with E-state index in [2.05, 4.69) is 32.0 Å². The van der Waals surface area contributed by atoms with Crippen LogP contribution in [0.3, 0.4) is 0 Å². The summed E-state index contributed by atoms with van der Waals surface area (Å²) in [5, 5.41) is 8.59. The van der Waals surface area contributed by atoms with Crippen LogP contribution in [-0.4, -0.2) is 46.9 Å². The molecule has 1 saturated carbocycles. The molecule has 2 N–H and O–H groups in total. The number of hydrogen-bond donors (Lipinski definition) is 1. The summed E-state index contributed by atoms with van der Waals surface area (Å²) in [5.74, 6) is 2.57. The molecular formula is C19H25N9. The van der Waals surface area contributed by atoms with Crippen LogP contribution in [0.25, 0.3) is 11.6 Å². The number of nitrogens with two attached hydrogens (primary N) is 1. The van der Waals surface area contributed by atoms with Crippen LogP contribution < -0.4 is 10.6 Å². The lowest BCUT2D eigenvalue weighted by Crippen LogP contribution is -2.42. The zero-order valence-corrected chi connectivity index (χ0v) is 16.1. The molecule has 3 aromatic rings. The molecule has 2 aliphatic rings. The lowest BCUT2D eigenvalue weighted by molar-refractivity contribution is 0.468. The molecule has 0 saturated heterocycles. The van der Waals surface area contributed by atoms with Crippen molar-refractivity contribution in [3.63, 3.8) is 0 Å². The van der Waals surface area contributed by atoms with Crippen LogP contribution in [0.15, 0.2) is 25.0 Å². The number of rotatable bonds is 5. The first-order chi connectivity index (χ1) is 13.8. The summed E-state index contributed by atoms with van der Waals surface area (Å²) >= 11 is 0. The lowest BCUT2D eigenvalue weighted by Gasteiger charge is -2.40. The molecule has 9 nitrogen and oxygen atoms in total. The first-order valence-corrected chi connectivity index (χ1v) is 10.1. The highest BCUT2D eigenvalue weighted by molar-refractivity contribution is 5.62. The van der Waals surface area contributed by atoms with Crippen molar-refractivity contribution in [2.45, 2.75) is 57.5 Å². The molecule has 0 aromatic carbocycles. The van der Waals surface area contributed by atoms with E-state index in [0.717, 1.165) is 35.9 Å². The van der Waals surface area contributed by atoms with E-state index in [1.165, 1.54) is 25.7 Å². The molecular weight excluding hydrogens is 354 g/mol. The Kier molecular flexibility index (Phi) is 4.31. The van der Waals surface area contributed by atoms with Crippen LogP contribution in [0.2, 0.25) is 0 Å². The second-order valence-corrected chi connectivity index (χ2v) is 7.52. The molecule has 9 heteroatoms. The third-order valence-electron chi connectivity index (χ3n) is 5.82. The first-order valence-electron chi connectivity index (χ1n) is 10.1. The maximum atomic E-state index is 5.65. The molecule has 1 atom stereocenters. The van der Waals surface area contributed by atoms with Crippen LogP contribution in [0.1, 0.15) is 56.6 Å². The summed E-state index contributed by atoms with van der Waals surface area (Å²) < 4.78 is 3.91. The largest absolute Gasteiger partial charge is 0.341 e. The fourth-order valence-corrected chi connectivity index (χ4v) is 4.51. The molecule has 4 heterocycles. The fraction of sp³-hybridized carbons (Fsp3) is 0.526. The van der Waals surface area contributed by atoms with E-state index in [1.54, 1.807) is 12.7 Å². The van der Waals surface area contributed by atoms with Crippen molar-refractivity contribution < 1.29 is 0 Å². The van der Waals surface area contributed by atoms with E-state index in [-0.39, 0.29) is 6.04 Å². The Morgan fingerprint density at radius 2 is 2.04 bits per heavy atom. The van der Waals surface area contributed by atoms with Gasteiger partial charge in [-0.2, -0.15) is 4.98 Å². The van der Waals surface area contributed by atoms with Gasteiger partial charge in [-0.3, -0.25) is 9.13 Å². The highest BCUT2D eigenvalue weighted by Crippen LogP contribution is 2.42. The third-order valence-corrected chi connectivity index (χ3v) is 5.82. The van der Waals surface area contributed by atoms with Crippen LogP contribution in [0, 0.1) is 0 Å². The Hall–Kier alpha value is -2.81. The van der Waals surface area contributed by atoms with E-state index in [0.29, 0.717) is 18.5 Å². The van der Waals surface area contributed by atoms with Crippen LogP contribution in [0.5, 0.6) is 0 Å². The van der Waals surface area contributed by atoms with E-state index >= 15 is 0 Å². The van der Waals surface area contributed by atoms with Crippen molar-refractivity contribution in [3.8, 4) is 11.6 Å². The predicted molar refractivity (Wildman–Crippen MR) is 105 cm³/mol. The molecule has 0 radical (unpaired) electrons. The van der Waals surface area contributed by atoms with Gasteiger partial charge in [0, 0.05) is 18.7 Å². The van der Waals surface area contributed by atoms with Crippen molar-refractivity contribution in [1.82, 2.24) is 34.3 Å². The van der Waals surface area contributed by atoms with Gasteiger partial charge in [-0.05, 0) is 25.8 Å². The Balaban J connectivity index is 1.62. The van der Waals surface area contributed by atoms with Gasteiger partial charge in [0.15, 0.2) is 11.6 Å². The Morgan fingerprint density at radius 3 is 2.82 bits per heavy atom. The summed E-state index contributed by atoms with van der Waals surface area (Å²) in [6.07, 6.45) is 14.0. The first kappa shape index (κ1) is 17.3. The van der Waals surface area contributed by atoms with Gasteiger partial charge in [0.2, 0.25) is 5.95 Å². The van der Waals surface area contributed by atoms with Gasteiger partial charge in [0.25, 0.3) is 0 Å². The van der Waals surface area contributed by atoms with Gasteiger partial charge in [-0.1, -0.05) is 19.8 Å². The maximum absolute atomic E-state index is 5.65. The Bertz CT molecular complexity index is 969. The molecule has 0 amide bonds. The van der Waals surface area contributed by atoms with Gasteiger partial charge < -0.3 is 10.6 Å². The lowest BCUT2D eigenvalue weighted by atomic mass is 10.0. The summed E-state index contributed by atoms with van der Waals surface area (Å²) in [6, 6.07) is 0.656. The summed E-state index contributed by atoms with van der Waals surface area (Å²) in [6.45, 7) is 2.78. The molecule has 1 fully saturated rings. The minimum atomic E-state index is 0.177. The minimum absolute atomic E-state index is 0.177. The molecule has 0 spiro atoms. The number of fused-ring (bicyclic) bond motifs is 3. The van der Waals surface area contributed by atoms with Crippen molar-refractivity contribution in [2.24, 2.45) is 5.73 Å². The van der Waals surface area contributed by atoms with E-state index in [1.807, 2.05) is 21.5 Å². The van der Waals surface area contributed by atoms with Gasteiger partial charge in [0.05, 0.1) is 17.9 Å². The number of nitrogens with zero attached hydrogens (tertiary/aromatic N) is 8. The average Bonchev–Trinajstić information content (AvgIpc) is 3.47. The second kappa shape index (κ2) is 6.97. The predicted octanol–water partition coefficient (Wildman–Crippen LogP) is 1.96. The number of anilines is 1. The van der Waals surface area contributed by atoms with Crippen molar-refractivity contribution in [1.29, 1.82) is 0 Å². The van der Waals surface area contributed by atoms with Gasteiger partial charge in [-0.15, -0.1) is 10.2 Å². The smallest absolute Gasteiger partial charge is 0.236 e.